The number of nitrogens with zero attached hydrogens (tertiary/aromatic N) is 8. The Morgan fingerprint density at radius 3 is 1.36 bits per heavy atom. The van der Waals surface area contributed by atoms with Crippen LogP contribution >= 0.6 is 104 Å². The predicted molar refractivity (Wildman–Crippen MR) is 372 cm³/mol. The number of carbonyl (C=O) groups is 4. The van der Waals surface area contributed by atoms with Crippen molar-refractivity contribution in [2.45, 2.75) is 27.7 Å². The fourth-order valence-electron chi connectivity index (χ4n) is 8.29. The number of benzene rings is 6. The second-order valence-corrected chi connectivity index (χ2v) is 21.5. The van der Waals surface area contributed by atoms with Crippen molar-refractivity contribution >= 4 is 211 Å². The summed E-state index contributed by atoms with van der Waals surface area (Å²) in [6, 6.07) is 32.7. The van der Waals surface area contributed by atoms with Gasteiger partial charge in [0.05, 0.1) is 50.8 Å². The largest absolute Gasteiger partial charge is 0.399 e. The average Bonchev–Trinajstić information content (AvgIpc) is 1.61. The highest BCUT2D eigenvalue weighted by Crippen LogP contribution is 2.23. The molecule has 0 aliphatic rings. The third kappa shape index (κ3) is 17.6. The number of aromatic nitrogens is 12. The van der Waals surface area contributed by atoms with Gasteiger partial charge >= 0.3 is 0 Å². The molecule has 0 spiro atoms. The van der Waals surface area contributed by atoms with Crippen LogP contribution in [0.15, 0.2) is 138 Å². The molecule has 7 heterocycles. The highest BCUT2D eigenvalue weighted by Gasteiger charge is 2.24. The molecule has 2 amide bonds. The number of fused-ring (bicyclic) bond motifs is 5. The lowest BCUT2D eigenvalue weighted by atomic mass is 10.1. The molecular weight excluding hydrogens is 1430 g/mol. The van der Waals surface area contributed by atoms with Gasteiger partial charge in [0.25, 0.3) is 33.4 Å². The number of carbonyl (C=O) groups excluding carboxylic acids is 4. The molecule has 7 aromatic heterocycles. The van der Waals surface area contributed by atoms with Gasteiger partial charge in [-0.2, -0.15) is 0 Å². The molecule has 13 rings (SSSR count). The SMILES string of the molecule is Br.Br.Cc1ccc(N)c(C)c1.Cc1ccc(NC(=O)c2nc[nH]c2C(=O)Nc2nc3ccc(Cl)cc3[nH]2)c(C)c1.Nc1ccc(Cl)cc1N.Nc1nc2ccc(Cl)cc2[nH]1.Nc1nc2ccc(Cl)cc2[nH]1.O=C(Cl)c1ncn2c(=O)c3c(C(=O)Cl)ncn3c(=O)c12. The van der Waals surface area contributed by atoms with E-state index in [2.05, 4.69) is 73.5 Å². The molecule has 0 unspecified atom stereocenters. The molecule has 25 nitrogen and oxygen atoms in total. The van der Waals surface area contributed by atoms with Crippen molar-refractivity contribution in [3.8, 4) is 0 Å². The van der Waals surface area contributed by atoms with Crippen LogP contribution in [0, 0.1) is 27.7 Å². The van der Waals surface area contributed by atoms with E-state index in [-0.39, 0.29) is 73.7 Å². The molecule has 91 heavy (non-hydrogen) atoms. The summed E-state index contributed by atoms with van der Waals surface area (Å²) in [5.41, 5.74) is 36.4. The van der Waals surface area contributed by atoms with Gasteiger partial charge in [0.2, 0.25) is 5.95 Å². The summed E-state index contributed by atoms with van der Waals surface area (Å²) in [5.74, 6) is 0.0466. The number of hydrogen-bond acceptors (Lipinski definition) is 17. The molecule has 0 bridgehead atoms. The molecule has 0 fully saturated rings. The number of hydrogen-bond donors (Lipinski definition) is 11. The zero-order valence-corrected chi connectivity index (χ0v) is 55.6. The number of nitrogens with one attached hydrogen (secondary N) is 6. The van der Waals surface area contributed by atoms with E-state index in [1.54, 1.807) is 60.7 Å². The van der Waals surface area contributed by atoms with Crippen molar-refractivity contribution in [3.05, 3.63) is 214 Å². The van der Waals surface area contributed by atoms with Crippen molar-refractivity contribution in [1.82, 2.24) is 58.6 Å². The van der Waals surface area contributed by atoms with Gasteiger partial charge in [0, 0.05) is 31.5 Å². The van der Waals surface area contributed by atoms with Gasteiger partial charge in [0.1, 0.15) is 29.4 Å². The van der Waals surface area contributed by atoms with Crippen LogP contribution in [0.2, 0.25) is 20.1 Å². The summed E-state index contributed by atoms with van der Waals surface area (Å²) >= 11 is 33.6. The van der Waals surface area contributed by atoms with Crippen LogP contribution in [0.5, 0.6) is 0 Å². The number of nitrogen functional groups attached to an aromatic ring is 5. The number of nitrogens with two attached hydrogens (primary N) is 5. The molecule has 0 aliphatic carbocycles. The number of rotatable bonds is 6. The van der Waals surface area contributed by atoms with Crippen LogP contribution in [-0.2, 0) is 0 Å². The Kier molecular flexibility index (Phi) is 24.1. The van der Waals surface area contributed by atoms with E-state index in [1.165, 1.54) is 11.9 Å². The molecule has 0 atom stereocenters. The van der Waals surface area contributed by atoms with Crippen LogP contribution in [0.3, 0.4) is 0 Å². The average molecular weight is 1480 g/mol. The maximum Gasteiger partial charge on any atom is 0.283 e. The fourth-order valence-corrected chi connectivity index (χ4v) is 9.26. The third-order valence-electron chi connectivity index (χ3n) is 12.5. The van der Waals surface area contributed by atoms with Crippen LogP contribution in [0.1, 0.15) is 64.2 Å². The molecule has 0 radical (unpaired) electrons. The van der Waals surface area contributed by atoms with E-state index in [4.69, 9.17) is 98.3 Å². The van der Waals surface area contributed by atoms with E-state index >= 15 is 0 Å². The highest BCUT2D eigenvalue weighted by molar-refractivity contribution is 8.93. The molecular formula is C58H51Br2Cl6N19O6. The standard InChI is InChI=1S/C20H17ClN6O2.C10H2Cl2N4O4.C8H11N.2C7H6ClN3.C6H7ClN2.2BrH/c1-10-3-5-13(11(2)7-10)24-18(28)16-17(23-9-22-16)19(29)27-20-25-14-6-4-12(21)8-15(14)26-20;11-7(17)3-5-10(20)16-2-14-4(8(12)18)6(16)9(19)15(5)1-13-3;1-6-3-4-8(9)7(2)5-6;2*8-4-1-2-5-6(3-4)11-7(9)10-5;7-4-1-2-5(8)6(9)3-4;;/h3-9H,1-2H3,(H,22,23)(H,24,28)(H2,25,26,27,29);1-2H;3-5H,9H2,1-2H3;2*1-3H,(H3,9,10,11);1-3H,8-9H2;2*1H. The Balaban J connectivity index is 0.000000185. The molecule has 16 N–H and O–H groups in total. The quantitative estimate of drug-likeness (QED) is 0.0544. The minimum atomic E-state index is -0.975. The number of anilines is 7. The molecule has 33 heteroatoms. The topological polar surface area (TPSA) is 406 Å². The van der Waals surface area contributed by atoms with Gasteiger partial charge in [-0.3, -0.25) is 42.9 Å². The smallest absolute Gasteiger partial charge is 0.283 e. The van der Waals surface area contributed by atoms with E-state index < -0.39 is 33.4 Å². The summed E-state index contributed by atoms with van der Waals surface area (Å²) < 4.78 is 1.66. The Morgan fingerprint density at radius 1 is 0.473 bits per heavy atom. The maximum absolute atomic E-state index is 12.7. The van der Waals surface area contributed by atoms with Gasteiger partial charge in [-0.1, -0.05) is 81.8 Å². The Bertz CT molecular complexity index is 4750. The summed E-state index contributed by atoms with van der Waals surface area (Å²) in [7, 11) is 0. The molecule has 6 aromatic carbocycles. The number of halogens is 8. The fraction of sp³-hybridized carbons (Fsp3) is 0.0690. The van der Waals surface area contributed by atoms with Crippen LogP contribution in [-0.4, -0.2) is 80.9 Å². The maximum atomic E-state index is 12.7. The lowest BCUT2D eigenvalue weighted by molar-refractivity contribution is 0.0985. The number of imidazole rings is 6. The van der Waals surface area contributed by atoms with Gasteiger partial charge in [0.15, 0.2) is 29.0 Å². The number of amides is 2. The number of aromatic amines is 4. The van der Waals surface area contributed by atoms with Gasteiger partial charge in [-0.05, 0) is 147 Å². The van der Waals surface area contributed by atoms with Crippen molar-refractivity contribution in [2.24, 2.45) is 0 Å². The monoisotopic (exact) mass is 1480 g/mol. The minimum Gasteiger partial charge on any atom is -0.399 e. The van der Waals surface area contributed by atoms with Crippen LogP contribution in [0.25, 0.3) is 44.1 Å². The minimum absolute atomic E-state index is 0. The molecule has 470 valence electrons. The second kappa shape index (κ2) is 30.9. The zero-order valence-electron chi connectivity index (χ0n) is 47.6. The van der Waals surface area contributed by atoms with E-state index in [1.807, 2.05) is 63.2 Å². The van der Waals surface area contributed by atoms with Crippen molar-refractivity contribution < 1.29 is 19.2 Å². The van der Waals surface area contributed by atoms with E-state index in [0.29, 0.717) is 60.1 Å². The summed E-state index contributed by atoms with van der Waals surface area (Å²) in [4.78, 5) is 107. The van der Waals surface area contributed by atoms with Gasteiger partial charge < -0.3 is 53.9 Å². The predicted octanol–water partition coefficient (Wildman–Crippen LogP) is 12.1. The first kappa shape index (κ1) is 70.8. The third-order valence-corrected chi connectivity index (χ3v) is 13.8. The Morgan fingerprint density at radius 2 is 0.912 bits per heavy atom. The lowest BCUT2D eigenvalue weighted by Crippen LogP contribution is -2.26. The van der Waals surface area contributed by atoms with Crippen molar-refractivity contribution in [2.75, 3.05) is 39.3 Å². The van der Waals surface area contributed by atoms with Crippen molar-refractivity contribution in [1.29, 1.82) is 0 Å². The van der Waals surface area contributed by atoms with Crippen molar-refractivity contribution in [3.63, 3.8) is 0 Å². The zero-order chi connectivity index (χ0) is 64.5. The molecule has 0 saturated carbocycles. The summed E-state index contributed by atoms with van der Waals surface area (Å²) in [6.07, 6.45) is 3.25. The second-order valence-electron chi connectivity index (χ2n) is 19.1. The molecule has 0 saturated heterocycles. The van der Waals surface area contributed by atoms with Gasteiger partial charge in [-0.25, -0.2) is 29.9 Å². The first-order chi connectivity index (χ1) is 42.2. The van der Waals surface area contributed by atoms with Crippen LogP contribution in [0.4, 0.5) is 40.6 Å². The van der Waals surface area contributed by atoms with Crippen LogP contribution < -0.4 is 50.4 Å². The Hall–Kier alpha value is -9.32. The number of H-pyrrole nitrogens is 4. The Labute approximate surface area is 565 Å². The highest BCUT2D eigenvalue weighted by atomic mass is 79.9. The summed E-state index contributed by atoms with van der Waals surface area (Å²) in [5, 5.41) is 6.00. The first-order valence-corrected chi connectivity index (χ1v) is 28.0. The summed E-state index contributed by atoms with van der Waals surface area (Å²) in [6.45, 7) is 7.95. The molecule has 13 aromatic rings. The lowest BCUT2D eigenvalue weighted by Gasteiger charge is -2.09. The normalized spacial score (nSPS) is 10.4. The van der Waals surface area contributed by atoms with Gasteiger partial charge in [-0.15, -0.1) is 34.0 Å². The van der Waals surface area contributed by atoms with E-state index in [0.717, 1.165) is 65.9 Å². The first-order valence-electron chi connectivity index (χ1n) is 25.7. The number of aryl methyl sites for hydroxylation is 4. The molecule has 0 aliphatic heterocycles. The van der Waals surface area contributed by atoms with E-state index in [9.17, 15) is 28.8 Å².